The van der Waals surface area contributed by atoms with Crippen LogP contribution in [-0.4, -0.2) is 28.1 Å². The molecule has 36 heavy (non-hydrogen) atoms. The second-order valence-corrected chi connectivity index (χ2v) is 12.8. The number of hydrogen-bond donors (Lipinski definition) is 4. The Hall–Kier alpha value is -2.82. The van der Waals surface area contributed by atoms with Crippen molar-refractivity contribution in [3.8, 4) is 0 Å². The second kappa shape index (κ2) is 12.4. The van der Waals surface area contributed by atoms with E-state index in [1.807, 2.05) is 45.0 Å². The van der Waals surface area contributed by atoms with Gasteiger partial charge in [0.05, 0.1) is 15.8 Å². The van der Waals surface area contributed by atoms with E-state index in [0.29, 0.717) is 28.9 Å². The summed E-state index contributed by atoms with van der Waals surface area (Å²) in [5, 5.41) is 2.16. The summed E-state index contributed by atoms with van der Waals surface area (Å²) in [5.41, 5.74) is 9.54. The van der Waals surface area contributed by atoms with Crippen molar-refractivity contribution >= 4 is 37.1 Å². The molecule has 0 saturated heterocycles. The normalized spacial score (nSPS) is 14.1. The van der Waals surface area contributed by atoms with Crippen LogP contribution in [-0.2, 0) is 26.6 Å². The van der Waals surface area contributed by atoms with E-state index < -0.39 is 25.3 Å². The Morgan fingerprint density at radius 3 is 2.22 bits per heavy atom. The lowest BCUT2D eigenvalue weighted by atomic mass is 10.2. The largest absolute Gasteiger partial charge is 0.399 e. The summed E-state index contributed by atoms with van der Waals surface area (Å²) >= 11 is 0. The molecule has 0 amide bonds. The van der Waals surface area contributed by atoms with Gasteiger partial charge in [0, 0.05) is 24.0 Å². The van der Waals surface area contributed by atoms with Crippen LogP contribution in [0.4, 0.5) is 17.1 Å². The quantitative estimate of drug-likeness (QED) is 0.227. The summed E-state index contributed by atoms with van der Waals surface area (Å²) < 4.78 is 57.8. The summed E-state index contributed by atoms with van der Waals surface area (Å²) in [7, 11) is -7.92. The van der Waals surface area contributed by atoms with Gasteiger partial charge in [-0.1, -0.05) is 25.1 Å². The fourth-order valence-electron chi connectivity index (χ4n) is 3.50. The van der Waals surface area contributed by atoms with E-state index in [4.69, 9.17) is 5.73 Å². The molecular formula is C26H38N4O4S2. The highest BCUT2D eigenvalue weighted by Gasteiger charge is 2.25. The van der Waals surface area contributed by atoms with Gasteiger partial charge in [0.15, 0.2) is 0 Å². The number of nitrogen functional groups attached to an aromatic ring is 1. The van der Waals surface area contributed by atoms with Crippen molar-refractivity contribution in [3.63, 3.8) is 0 Å². The molecule has 0 spiro atoms. The number of hydrogen-bond acceptors (Lipinski definition) is 6. The summed E-state index contributed by atoms with van der Waals surface area (Å²) in [6.07, 6.45) is 3.63. The summed E-state index contributed by atoms with van der Waals surface area (Å²) in [5.74, 6) is 0. The predicted molar refractivity (Wildman–Crippen MR) is 151 cm³/mol. The van der Waals surface area contributed by atoms with E-state index in [1.54, 1.807) is 38.1 Å². The van der Waals surface area contributed by atoms with Gasteiger partial charge in [0.25, 0.3) is 0 Å². The van der Waals surface area contributed by atoms with Gasteiger partial charge in [0.2, 0.25) is 20.0 Å². The number of rotatable bonds is 12. The first-order valence-corrected chi connectivity index (χ1v) is 14.9. The van der Waals surface area contributed by atoms with Gasteiger partial charge in [-0.3, -0.25) is 4.72 Å². The Bertz CT molecular complexity index is 1310. The number of nitrogens with one attached hydrogen (secondary N) is 3. The van der Waals surface area contributed by atoms with Crippen molar-refractivity contribution in [2.75, 3.05) is 15.8 Å². The van der Waals surface area contributed by atoms with Crippen molar-refractivity contribution in [3.05, 3.63) is 76.2 Å². The van der Waals surface area contributed by atoms with Crippen molar-refractivity contribution in [1.82, 2.24) is 4.72 Å². The maximum Gasteiger partial charge on any atom is 0.240 e. The van der Waals surface area contributed by atoms with Crippen molar-refractivity contribution in [1.29, 1.82) is 0 Å². The van der Waals surface area contributed by atoms with Crippen LogP contribution in [0.15, 0.2) is 65.1 Å². The average Bonchev–Trinajstić information content (AvgIpc) is 2.78. The lowest BCUT2D eigenvalue weighted by molar-refractivity contribution is 0.588. The van der Waals surface area contributed by atoms with Crippen LogP contribution in [0.5, 0.6) is 0 Å². The van der Waals surface area contributed by atoms with Crippen LogP contribution in [0.2, 0.25) is 0 Å². The van der Waals surface area contributed by atoms with Crippen molar-refractivity contribution in [2.24, 2.45) is 0 Å². The van der Waals surface area contributed by atoms with Gasteiger partial charge >= 0.3 is 0 Å². The number of anilines is 3. The molecular weight excluding hydrogens is 496 g/mol. The van der Waals surface area contributed by atoms with Crippen molar-refractivity contribution < 1.29 is 16.8 Å². The van der Waals surface area contributed by atoms with Crippen LogP contribution in [0, 0.1) is 6.92 Å². The zero-order valence-electron chi connectivity index (χ0n) is 21.8. The highest BCUT2D eigenvalue weighted by Crippen LogP contribution is 2.23. The van der Waals surface area contributed by atoms with Crippen LogP contribution in [0.1, 0.15) is 52.2 Å². The lowest BCUT2D eigenvalue weighted by Crippen LogP contribution is -2.29. The SMILES string of the molecule is CC/C=C(C)\C(=C/C(C)S(=O)(=O)Nc1ccc(N)cc1C)S(=O)(=O)NCc1ccc(NC(C)C)cc1. The van der Waals surface area contributed by atoms with E-state index in [9.17, 15) is 16.8 Å². The fraction of sp³-hybridized carbons (Fsp3) is 0.385. The minimum Gasteiger partial charge on any atom is -0.399 e. The molecule has 0 radical (unpaired) electrons. The molecule has 2 rings (SSSR count). The zero-order chi connectivity index (χ0) is 27.1. The monoisotopic (exact) mass is 534 g/mol. The molecule has 0 aliphatic carbocycles. The molecule has 0 bridgehead atoms. The van der Waals surface area contributed by atoms with E-state index in [0.717, 1.165) is 11.3 Å². The predicted octanol–water partition coefficient (Wildman–Crippen LogP) is 4.89. The Morgan fingerprint density at radius 1 is 1.03 bits per heavy atom. The number of aryl methyl sites for hydroxylation is 1. The molecule has 198 valence electrons. The Labute approximate surface area is 216 Å². The van der Waals surface area contributed by atoms with Gasteiger partial charge in [-0.25, -0.2) is 21.6 Å². The number of allylic oxidation sites excluding steroid dienone is 2. The first-order chi connectivity index (χ1) is 16.7. The minimum atomic E-state index is -3.99. The van der Waals surface area contributed by atoms with E-state index >= 15 is 0 Å². The molecule has 1 unspecified atom stereocenters. The molecule has 0 fully saturated rings. The second-order valence-electron chi connectivity index (χ2n) is 9.07. The average molecular weight is 535 g/mol. The third-order valence-electron chi connectivity index (χ3n) is 5.44. The number of sulfonamides is 2. The van der Waals surface area contributed by atoms with Crippen LogP contribution >= 0.6 is 0 Å². The first kappa shape index (κ1) is 29.4. The summed E-state index contributed by atoms with van der Waals surface area (Å²) in [4.78, 5) is -0.0608. The Morgan fingerprint density at radius 2 is 1.67 bits per heavy atom. The Kier molecular flexibility index (Phi) is 10.2. The van der Waals surface area contributed by atoms with E-state index in [2.05, 4.69) is 14.8 Å². The molecule has 0 saturated carbocycles. The highest BCUT2D eigenvalue weighted by atomic mass is 32.2. The molecule has 1 atom stereocenters. The van der Waals surface area contributed by atoms with Gasteiger partial charge in [-0.05, 0) is 94.1 Å². The standard InChI is InChI=1S/C26H38N4O4S2/c1-7-8-19(4)26(16-21(6)35(31,32)30-25-14-11-23(27)15-20(25)5)36(33,34)28-17-22-9-12-24(13-10-22)29-18(2)3/h8-16,18,21,28-30H,7,17,27H2,1-6H3/b19-8-,26-16+. The Balaban J connectivity index is 2.29. The number of benzene rings is 2. The molecule has 0 aliphatic rings. The van der Waals surface area contributed by atoms with Gasteiger partial charge < -0.3 is 11.1 Å². The molecule has 2 aromatic rings. The van der Waals surface area contributed by atoms with E-state index in [1.165, 1.54) is 13.0 Å². The fourth-order valence-corrected chi connectivity index (χ4v) is 6.02. The van der Waals surface area contributed by atoms with Crippen molar-refractivity contribution in [2.45, 2.75) is 65.8 Å². The van der Waals surface area contributed by atoms with Gasteiger partial charge in [-0.15, -0.1) is 0 Å². The zero-order valence-corrected chi connectivity index (χ0v) is 23.4. The van der Waals surface area contributed by atoms with Gasteiger partial charge in [-0.2, -0.15) is 0 Å². The topological polar surface area (TPSA) is 130 Å². The maximum absolute atomic E-state index is 13.3. The smallest absolute Gasteiger partial charge is 0.240 e. The molecule has 10 heteroatoms. The maximum atomic E-state index is 13.3. The molecule has 0 aromatic heterocycles. The molecule has 8 nitrogen and oxygen atoms in total. The molecule has 0 heterocycles. The van der Waals surface area contributed by atoms with Crippen LogP contribution < -0.4 is 20.5 Å². The van der Waals surface area contributed by atoms with Crippen LogP contribution in [0.25, 0.3) is 0 Å². The first-order valence-electron chi connectivity index (χ1n) is 11.9. The summed E-state index contributed by atoms with van der Waals surface area (Å²) in [6, 6.07) is 12.6. The van der Waals surface area contributed by atoms with E-state index in [-0.39, 0.29) is 17.5 Å². The summed E-state index contributed by atoms with van der Waals surface area (Å²) in [6.45, 7) is 10.9. The highest BCUT2D eigenvalue weighted by molar-refractivity contribution is 7.94. The van der Waals surface area contributed by atoms with Crippen LogP contribution in [0.3, 0.4) is 0 Å². The third-order valence-corrected chi connectivity index (χ3v) is 8.62. The minimum absolute atomic E-state index is 0.0608. The third kappa shape index (κ3) is 8.39. The lowest BCUT2D eigenvalue weighted by Gasteiger charge is -2.17. The molecule has 2 aromatic carbocycles. The van der Waals surface area contributed by atoms with Gasteiger partial charge in [0.1, 0.15) is 0 Å². The number of nitrogens with two attached hydrogens (primary N) is 1. The molecule has 0 aliphatic heterocycles. The molecule has 5 N–H and O–H groups in total.